The van der Waals surface area contributed by atoms with Crippen molar-refractivity contribution < 1.29 is 4.79 Å². The number of carbonyl (C=O) groups excluding carboxylic acids is 1. The van der Waals surface area contributed by atoms with E-state index < -0.39 is 0 Å². The second-order valence-corrected chi connectivity index (χ2v) is 6.21. The van der Waals surface area contributed by atoms with E-state index in [9.17, 15) is 9.59 Å². The van der Waals surface area contributed by atoms with Gasteiger partial charge in [0, 0.05) is 43.4 Å². The van der Waals surface area contributed by atoms with Crippen molar-refractivity contribution in [2.45, 2.75) is 38.8 Å². The third kappa shape index (κ3) is 2.32. The van der Waals surface area contributed by atoms with E-state index in [1.165, 1.54) is 0 Å². The van der Waals surface area contributed by atoms with Gasteiger partial charge in [0.25, 0.3) is 5.56 Å². The van der Waals surface area contributed by atoms with Crippen molar-refractivity contribution in [2.75, 3.05) is 13.1 Å². The minimum Gasteiger partial charge on any atom is -0.336 e. The van der Waals surface area contributed by atoms with Crippen LogP contribution in [0, 0.1) is 5.92 Å². The fourth-order valence-electron chi connectivity index (χ4n) is 3.40. The van der Waals surface area contributed by atoms with E-state index in [1.54, 1.807) is 6.07 Å². The Labute approximate surface area is 118 Å². The van der Waals surface area contributed by atoms with Crippen molar-refractivity contribution in [1.29, 1.82) is 0 Å². The molecule has 2 amide bonds. The van der Waals surface area contributed by atoms with E-state index in [-0.39, 0.29) is 23.6 Å². The van der Waals surface area contributed by atoms with Crippen molar-refractivity contribution in [3.63, 3.8) is 0 Å². The molecule has 0 saturated carbocycles. The minimum absolute atomic E-state index is 0.0152. The number of nitrogens with one attached hydrogen (secondary N) is 1. The zero-order chi connectivity index (χ0) is 14.3. The van der Waals surface area contributed by atoms with Crippen LogP contribution in [-0.2, 0) is 6.54 Å². The lowest BCUT2D eigenvalue weighted by Crippen LogP contribution is -2.52. The Balaban J connectivity index is 1.84. The molecule has 1 aromatic heterocycles. The monoisotopic (exact) mass is 275 g/mol. The van der Waals surface area contributed by atoms with Crippen molar-refractivity contribution in [3.8, 4) is 0 Å². The highest BCUT2D eigenvalue weighted by atomic mass is 16.2. The first-order valence-electron chi connectivity index (χ1n) is 7.30. The number of piperidine rings is 1. The molecular weight excluding hydrogens is 254 g/mol. The number of hydrogen-bond acceptors (Lipinski definition) is 2. The average Bonchev–Trinajstić information content (AvgIpc) is 2.39. The maximum Gasteiger partial charge on any atom is 0.317 e. The van der Waals surface area contributed by atoms with E-state index in [1.807, 2.05) is 35.4 Å². The van der Waals surface area contributed by atoms with Gasteiger partial charge in [0.1, 0.15) is 0 Å². The van der Waals surface area contributed by atoms with Gasteiger partial charge in [-0.1, -0.05) is 6.07 Å². The summed E-state index contributed by atoms with van der Waals surface area (Å²) in [6.07, 6.45) is 1.08. The number of carbonyl (C=O) groups is 1. The van der Waals surface area contributed by atoms with E-state index in [0.29, 0.717) is 12.5 Å². The van der Waals surface area contributed by atoms with Gasteiger partial charge < -0.3 is 14.8 Å². The summed E-state index contributed by atoms with van der Waals surface area (Å²) in [6, 6.07) is 5.63. The van der Waals surface area contributed by atoms with Crippen LogP contribution in [-0.4, -0.2) is 34.6 Å². The molecule has 0 aliphatic carbocycles. The maximum atomic E-state index is 12.2. The third-order valence-electron chi connectivity index (χ3n) is 4.18. The van der Waals surface area contributed by atoms with E-state index in [4.69, 9.17) is 0 Å². The van der Waals surface area contributed by atoms with Gasteiger partial charge in [0.15, 0.2) is 0 Å². The fraction of sp³-hybridized carbons (Fsp3) is 0.600. The number of pyridine rings is 1. The normalized spacial score (nSPS) is 24.4. The molecule has 3 rings (SSSR count). The lowest BCUT2D eigenvalue weighted by molar-refractivity contribution is 0.130. The molecule has 0 unspecified atom stereocenters. The molecule has 2 bridgehead atoms. The number of urea groups is 1. The number of likely N-dealkylation sites (tertiary alicyclic amines) is 1. The molecule has 2 aliphatic rings. The van der Waals surface area contributed by atoms with Crippen molar-refractivity contribution in [1.82, 2.24) is 14.8 Å². The van der Waals surface area contributed by atoms with Crippen LogP contribution in [0.2, 0.25) is 0 Å². The number of amides is 2. The smallest absolute Gasteiger partial charge is 0.317 e. The summed E-state index contributed by atoms with van der Waals surface area (Å²) in [7, 11) is 0. The zero-order valence-electron chi connectivity index (χ0n) is 12.0. The molecule has 5 heteroatoms. The molecular formula is C15H21N3O2. The highest BCUT2D eigenvalue weighted by Gasteiger charge is 2.36. The number of rotatable bonds is 1. The largest absolute Gasteiger partial charge is 0.336 e. The predicted octanol–water partition coefficient (Wildman–Crippen LogP) is 1.39. The molecule has 0 spiro atoms. The summed E-state index contributed by atoms with van der Waals surface area (Å²) in [5.74, 6) is 0.675. The van der Waals surface area contributed by atoms with Gasteiger partial charge in [-0.3, -0.25) is 4.79 Å². The van der Waals surface area contributed by atoms with Crippen LogP contribution in [0.3, 0.4) is 0 Å². The molecule has 5 nitrogen and oxygen atoms in total. The lowest BCUT2D eigenvalue weighted by Gasteiger charge is -2.42. The predicted molar refractivity (Wildman–Crippen MR) is 76.8 cm³/mol. The minimum atomic E-state index is 0.0152. The number of fused-ring (bicyclic) bond motifs is 4. The molecule has 0 aromatic carbocycles. The second-order valence-electron chi connectivity index (χ2n) is 6.21. The molecule has 108 valence electrons. The number of nitrogens with zero attached hydrogens (tertiary/aromatic N) is 2. The first-order chi connectivity index (χ1) is 9.54. The van der Waals surface area contributed by atoms with Gasteiger partial charge in [0.2, 0.25) is 0 Å². The molecule has 3 heterocycles. The molecule has 2 atom stereocenters. The Bertz CT molecular complexity index is 579. The van der Waals surface area contributed by atoms with Crippen LogP contribution in [0.4, 0.5) is 4.79 Å². The van der Waals surface area contributed by atoms with Crippen LogP contribution in [0.15, 0.2) is 23.0 Å². The average molecular weight is 275 g/mol. The molecule has 1 N–H and O–H groups in total. The molecule has 2 aliphatic heterocycles. The Morgan fingerprint density at radius 1 is 1.30 bits per heavy atom. The standard InChI is InChI=1S/C15H21N3O2/c1-10(2)16-15(20)17-7-11-6-12(9-17)13-4-3-5-14(19)18(13)8-11/h3-5,10-12H,6-9H2,1-2H3,(H,16,20)/t11-,12+/m1/s1. The van der Waals surface area contributed by atoms with Gasteiger partial charge in [0.05, 0.1) is 0 Å². The summed E-state index contributed by atoms with van der Waals surface area (Å²) >= 11 is 0. The van der Waals surface area contributed by atoms with Crippen molar-refractivity contribution in [2.24, 2.45) is 5.92 Å². The highest BCUT2D eigenvalue weighted by Crippen LogP contribution is 2.34. The number of hydrogen-bond donors (Lipinski definition) is 1. The Morgan fingerprint density at radius 2 is 2.10 bits per heavy atom. The highest BCUT2D eigenvalue weighted by molar-refractivity contribution is 5.74. The Morgan fingerprint density at radius 3 is 2.85 bits per heavy atom. The van der Waals surface area contributed by atoms with Gasteiger partial charge >= 0.3 is 6.03 Å². The number of aromatic nitrogens is 1. The van der Waals surface area contributed by atoms with Crippen LogP contribution >= 0.6 is 0 Å². The van der Waals surface area contributed by atoms with E-state index in [2.05, 4.69) is 5.32 Å². The van der Waals surface area contributed by atoms with E-state index >= 15 is 0 Å². The molecule has 1 fully saturated rings. The summed E-state index contributed by atoms with van der Waals surface area (Å²) in [5, 5.41) is 2.96. The van der Waals surface area contributed by atoms with Crippen LogP contribution in [0.5, 0.6) is 0 Å². The van der Waals surface area contributed by atoms with Crippen molar-refractivity contribution >= 4 is 6.03 Å². The van der Waals surface area contributed by atoms with Crippen LogP contribution in [0.25, 0.3) is 0 Å². The topological polar surface area (TPSA) is 54.3 Å². The first kappa shape index (κ1) is 13.2. The summed E-state index contributed by atoms with van der Waals surface area (Å²) < 4.78 is 1.89. The second kappa shape index (κ2) is 4.96. The summed E-state index contributed by atoms with van der Waals surface area (Å²) in [4.78, 5) is 26.0. The van der Waals surface area contributed by atoms with Crippen LogP contribution < -0.4 is 10.9 Å². The molecule has 0 radical (unpaired) electrons. The summed E-state index contributed by atoms with van der Waals surface area (Å²) in [6.45, 7) is 6.13. The quantitative estimate of drug-likeness (QED) is 0.842. The Hall–Kier alpha value is -1.78. The zero-order valence-corrected chi connectivity index (χ0v) is 12.0. The Kier molecular flexibility index (Phi) is 3.28. The molecule has 1 saturated heterocycles. The van der Waals surface area contributed by atoms with Gasteiger partial charge in [-0.25, -0.2) is 4.79 Å². The van der Waals surface area contributed by atoms with E-state index in [0.717, 1.165) is 25.2 Å². The van der Waals surface area contributed by atoms with Crippen molar-refractivity contribution in [3.05, 3.63) is 34.2 Å². The van der Waals surface area contributed by atoms with Gasteiger partial charge in [-0.2, -0.15) is 0 Å². The maximum absolute atomic E-state index is 12.2. The molecule has 1 aromatic rings. The first-order valence-corrected chi connectivity index (χ1v) is 7.30. The third-order valence-corrected chi connectivity index (χ3v) is 4.18. The fourth-order valence-corrected chi connectivity index (χ4v) is 3.40. The van der Waals surface area contributed by atoms with Gasteiger partial charge in [-0.05, 0) is 32.3 Å². The molecule has 20 heavy (non-hydrogen) atoms. The van der Waals surface area contributed by atoms with Gasteiger partial charge in [-0.15, -0.1) is 0 Å². The van der Waals surface area contributed by atoms with Crippen LogP contribution in [0.1, 0.15) is 31.9 Å². The lowest BCUT2D eigenvalue weighted by atomic mass is 9.83. The summed E-state index contributed by atoms with van der Waals surface area (Å²) in [5.41, 5.74) is 1.16. The SMILES string of the molecule is CC(C)NC(=O)N1C[C@H]2C[C@@H](C1)c1cccc(=O)n1C2.